The predicted molar refractivity (Wildman–Crippen MR) is 112 cm³/mol. The van der Waals surface area contributed by atoms with Crippen molar-refractivity contribution >= 4 is 5.91 Å². The minimum absolute atomic E-state index is 0.0466. The molecule has 0 unspecified atom stereocenters. The van der Waals surface area contributed by atoms with Gasteiger partial charge in [0.05, 0.1) is 19.6 Å². The lowest BCUT2D eigenvalue weighted by Crippen LogP contribution is -2.48. The Labute approximate surface area is 177 Å². The first-order valence-corrected chi connectivity index (χ1v) is 11.2. The van der Waals surface area contributed by atoms with Gasteiger partial charge in [0, 0.05) is 5.92 Å². The number of hydrogen-bond donors (Lipinski definition) is 1. The van der Waals surface area contributed by atoms with E-state index in [1.54, 1.807) is 0 Å². The third-order valence-corrected chi connectivity index (χ3v) is 5.85. The highest BCUT2D eigenvalue weighted by Gasteiger charge is 2.42. The first-order chi connectivity index (χ1) is 14.6. The monoisotopic (exact) mass is 413 g/mol. The molecule has 2 aromatic rings. The fourth-order valence-corrected chi connectivity index (χ4v) is 4.19. The average Bonchev–Trinajstić information content (AvgIpc) is 3.47. The van der Waals surface area contributed by atoms with Crippen LogP contribution in [0.25, 0.3) is 0 Å². The van der Waals surface area contributed by atoms with Crippen molar-refractivity contribution in [3.8, 4) is 11.5 Å². The minimum Gasteiger partial charge on any atom is -0.490 e. The summed E-state index contributed by atoms with van der Waals surface area (Å²) in [4.78, 5) is 17.7. The van der Waals surface area contributed by atoms with Crippen LogP contribution in [0.4, 0.5) is 0 Å². The SMILES string of the molecule is CCOc1ccc(CC(=O)NC2(c3nc(C4CC4)no3)CCCCC2)cc1OCC. The molecule has 1 amide bonds. The molecule has 0 radical (unpaired) electrons. The highest BCUT2D eigenvalue weighted by molar-refractivity contribution is 5.79. The molecule has 162 valence electrons. The van der Waals surface area contributed by atoms with Crippen molar-refractivity contribution in [1.29, 1.82) is 0 Å². The molecule has 0 bridgehead atoms. The Morgan fingerprint density at radius 1 is 1.13 bits per heavy atom. The number of benzene rings is 1. The van der Waals surface area contributed by atoms with Gasteiger partial charge in [-0.05, 0) is 57.2 Å². The summed E-state index contributed by atoms with van der Waals surface area (Å²) in [5, 5.41) is 7.43. The molecule has 1 N–H and O–H groups in total. The van der Waals surface area contributed by atoms with Crippen LogP contribution in [0.2, 0.25) is 0 Å². The van der Waals surface area contributed by atoms with Crippen molar-refractivity contribution in [2.24, 2.45) is 0 Å². The third-order valence-electron chi connectivity index (χ3n) is 5.85. The largest absolute Gasteiger partial charge is 0.490 e. The lowest BCUT2D eigenvalue weighted by Gasteiger charge is -2.34. The molecule has 1 aromatic carbocycles. The van der Waals surface area contributed by atoms with Crippen molar-refractivity contribution in [2.75, 3.05) is 13.2 Å². The second-order valence-corrected chi connectivity index (χ2v) is 8.25. The van der Waals surface area contributed by atoms with Crippen molar-refractivity contribution < 1.29 is 18.8 Å². The van der Waals surface area contributed by atoms with Crippen LogP contribution < -0.4 is 14.8 Å². The topological polar surface area (TPSA) is 86.5 Å². The van der Waals surface area contributed by atoms with E-state index in [9.17, 15) is 4.79 Å². The molecular formula is C23H31N3O4. The smallest absolute Gasteiger partial charge is 0.252 e. The van der Waals surface area contributed by atoms with Crippen LogP contribution in [0, 0.1) is 0 Å². The van der Waals surface area contributed by atoms with E-state index in [4.69, 9.17) is 14.0 Å². The van der Waals surface area contributed by atoms with Crippen LogP contribution in [0.15, 0.2) is 22.7 Å². The standard InChI is InChI=1S/C23H31N3O4/c1-3-28-18-11-8-16(14-19(18)29-4-2)15-20(27)25-23(12-6-5-7-13-23)22-24-21(26-30-22)17-9-10-17/h8,11,14,17H,3-7,9-10,12-13,15H2,1-2H3,(H,25,27). The lowest BCUT2D eigenvalue weighted by atomic mass is 9.81. The number of nitrogens with zero attached hydrogens (tertiary/aromatic N) is 2. The van der Waals surface area contributed by atoms with Crippen LogP contribution in [0.5, 0.6) is 11.5 Å². The molecule has 0 atom stereocenters. The van der Waals surface area contributed by atoms with Gasteiger partial charge in [-0.2, -0.15) is 4.98 Å². The van der Waals surface area contributed by atoms with Crippen molar-refractivity contribution in [1.82, 2.24) is 15.5 Å². The summed E-state index contributed by atoms with van der Waals surface area (Å²) in [7, 11) is 0. The van der Waals surface area contributed by atoms with Gasteiger partial charge < -0.3 is 19.3 Å². The molecule has 1 aromatic heterocycles. The molecule has 7 nitrogen and oxygen atoms in total. The summed E-state index contributed by atoms with van der Waals surface area (Å²) >= 11 is 0. The number of carbonyl (C=O) groups excluding carboxylic acids is 1. The minimum atomic E-state index is -0.552. The maximum atomic E-state index is 13.0. The number of nitrogens with one attached hydrogen (secondary N) is 1. The van der Waals surface area contributed by atoms with Crippen LogP contribution in [-0.4, -0.2) is 29.3 Å². The zero-order chi connectivity index (χ0) is 21.0. The fourth-order valence-electron chi connectivity index (χ4n) is 4.19. The van der Waals surface area contributed by atoms with Gasteiger partial charge in [-0.25, -0.2) is 0 Å². The molecular weight excluding hydrogens is 382 g/mol. The Balaban J connectivity index is 1.49. The van der Waals surface area contributed by atoms with E-state index in [2.05, 4.69) is 15.5 Å². The molecule has 7 heteroatoms. The van der Waals surface area contributed by atoms with Crippen LogP contribution in [0.3, 0.4) is 0 Å². The number of aromatic nitrogens is 2. The average molecular weight is 414 g/mol. The molecule has 1 heterocycles. The van der Waals surface area contributed by atoms with Gasteiger partial charge in [0.15, 0.2) is 17.3 Å². The molecule has 2 fully saturated rings. The Bertz CT molecular complexity index is 869. The second kappa shape index (κ2) is 9.06. The first kappa shape index (κ1) is 20.7. The molecule has 4 rings (SSSR count). The summed E-state index contributed by atoms with van der Waals surface area (Å²) in [6.45, 7) is 4.98. The van der Waals surface area contributed by atoms with Gasteiger partial charge in [-0.15, -0.1) is 0 Å². The lowest BCUT2D eigenvalue weighted by molar-refractivity contribution is -0.123. The predicted octanol–water partition coefficient (Wildman–Crippen LogP) is 4.26. The summed E-state index contributed by atoms with van der Waals surface area (Å²) in [5.41, 5.74) is 0.332. The quantitative estimate of drug-likeness (QED) is 0.661. The van der Waals surface area contributed by atoms with Crippen LogP contribution in [0.1, 0.15) is 82.0 Å². The second-order valence-electron chi connectivity index (χ2n) is 8.25. The van der Waals surface area contributed by atoms with Crippen LogP contribution in [-0.2, 0) is 16.8 Å². The number of rotatable bonds is 9. The van der Waals surface area contributed by atoms with E-state index in [1.807, 2.05) is 32.0 Å². The Morgan fingerprint density at radius 3 is 2.57 bits per heavy atom. The molecule has 30 heavy (non-hydrogen) atoms. The fraction of sp³-hybridized carbons (Fsp3) is 0.609. The normalized spacial score (nSPS) is 18.1. The number of hydrogen-bond acceptors (Lipinski definition) is 6. The molecule has 2 aliphatic carbocycles. The van der Waals surface area contributed by atoms with E-state index < -0.39 is 5.54 Å². The Hall–Kier alpha value is -2.57. The molecule has 0 saturated heterocycles. The Morgan fingerprint density at radius 2 is 1.87 bits per heavy atom. The van der Waals surface area contributed by atoms with E-state index in [1.165, 1.54) is 0 Å². The highest BCUT2D eigenvalue weighted by Crippen LogP contribution is 2.41. The number of carbonyl (C=O) groups is 1. The van der Waals surface area contributed by atoms with Gasteiger partial charge >= 0.3 is 0 Å². The maximum Gasteiger partial charge on any atom is 0.252 e. The summed E-state index contributed by atoms with van der Waals surface area (Å²) < 4.78 is 17.0. The van der Waals surface area contributed by atoms with E-state index in [0.29, 0.717) is 36.5 Å². The molecule has 0 aliphatic heterocycles. The van der Waals surface area contributed by atoms with Gasteiger partial charge in [0.1, 0.15) is 5.54 Å². The first-order valence-electron chi connectivity index (χ1n) is 11.2. The van der Waals surface area contributed by atoms with Crippen LogP contribution >= 0.6 is 0 Å². The summed E-state index contributed by atoms with van der Waals surface area (Å²) in [5.74, 6) is 3.11. The molecule has 0 spiro atoms. The van der Waals surface area contributed by atoms with Gasteiger partial charge in [-0.1, -0.05) is 30.5 Å². The molecule has 2 saturated carbocycles. The van der Waals surface area contributed by atoms with Gasteiger partial charge in [-0.3, -0.25) is 4.79 Å². The van der Waals surface area contributed by atoms with E-state index >= 15 is 0 Å². The van der Waals surface area contributed by atoms with E-state index in [-0.39, 0.29) is 12.3 Å². The maximum absolute atomic E-state index is 13.0. The van der Waals surface area contributed by atoms with Crippen molar-refractivity contribution in [3.05, 3.63) is 35.5 Å². The summed E-state index contributed by atoms with van der Waals surface area (Å²) in [6.07, 6.45) is 7.42. The number of amides is 1. The number of ether oxygens (including phenoxy) is 2. The zero-order valence-electron chi connectivity index (χ0n) is 17.9. The van der Waals surface area contributed by atoms with Crippen molar-refractivity contribution in [2.45, 2.75) is 76.7 Å². The summed E-state index contributed by atoms with van der Waals surface area (Å²) in [6, 6.07) is 5.67. The molecule has 2 aliphatic rings. The van der Waals surface area contributed by atoms with Gasteiger partial charge in [0.25, 0.3) is 5.89 Å². The van der Waals surface area contributed by atoms with Gasteiger partial charge in [0.2, 0.25) is 5.91 Å². The highest BCUT2D eigenvalue weighted by atomic mass is 16.5. The third kappa shape index (κ3) is 4.60. The van der Waals surface area contributed by atoms with Crippen molar-refractivity contribution in [3.63, 3.8) is 0 Å². The zero-order valence-corrected chi connectivity index (χ0v) is 17.9. The Kier molecular flexibility index (Phi) is 6.25. The van der Waals surface area contributed by atoms with E-state index in [0.717, 1.165) is 56.3 Å².